The molecular formula is C14H18N2O. The molecule has 17 heavy (non-hydrogen) atoms. The molecule has 3 rings (SSSR count). The number of benzene rings is 1. The Bertz CT molecular complexity index is 493. The highest BCUT2D eigenvalue weighted by Crippen LogP contribution is 2.53. The smallest absolute Gasteiger partial charge is 0.226 e. The monoisotopic (exact) mass is 230 g/mol. The molecule has 1 aromatic rings. The Balaban J connectivity index is 1.76. The molecule has 1 aromatic carbocycles. The van der Waals surface area contributed by atoms with Crippen LogP contribution in [0.1, 0.15) is 31.4 Å². The van der Waals surface area contributed by atoms with E-state index in [0.717, 1.165) is 25.2 Å². The Labute approximate surface area is 102 Å². The Morgan fingerprint density at radius 3 is 2.65 bits per heavy atom. The van der Waals surface area contributed by atoms with Crippen molar-refractivity contribution in [2.45, 2.75) is 33.4 Å². The molecule has 1 unspecified atom stereocenters. The molecule has 0 saturated heterocycles. The number of nitrogens with two attached hydrogens (primary N) is 1. The van der Waals surface area contributed by atoms with Crippen LogP contribution in [0.2, 0.25) is 0 Å². The lowest BCUT2D eigenvalue weighted by Crippen LogP contribution is -2.28. The summed E-state index contributed by atoms with van der Waals surface area (Å²) in [7, 11) is 0. The Morgan fingerprint density at radius 2 is 2.00 bits per heavy atom. The zero-order valence-electron chi connectivity index (χ0n) is 10.4. The molecule has 2 N–H and O–H groups in total. The standard InChI is InChI=1S/C14H18N2O/c1-14(2)6-12(14)13(17)16-7-9-3-4-11(15)5-10(9)8-16/h3-5,12H,6-8,15H2,1-2H3. The molecule has 1 atom stereocenters. The minimum atomic E-state index is 0.213. The molecule has 0 radical (unpaired) electrons. The van der Waals surface area contributed by atoms with E-state index in [0.29, 0.717) is 5.91 Å². The maximum atomic E-state index is 12.3. The van der Waals surface area contributed by atoms with Crippen LogP contribution in [-0.2, 0) is 17.9 Å². The second kappa shape index (κ2) is 3.25. The van der Waals surface area contributed by atoms with Crippen molar-refractivity contribution in [2.24, 2.45) is 11.3 Å². The summed E-state index contributed by atoms with van der Waals surface area (Å²) in [5, 5.41) is 0. The molecule has 3 heteroatoms. The van der Waals surface area contributed by atoms with E-state index in [1.54, 1.807) is 0 Å². The fourth-order valence-corrected chi connectivity index (χ4v) is 2.68. The predicted molar refractivity (Wildman–Crippen MR) is 67.0 cm³/mol. The van der Waals surface area contributed by atoms with Gasteiger partial charge in [-0.05, 0) is 35.1 Å². The van der Waals surface area contributed by atoms with Gasteiger partial charge in [0.15, 0.2) is 0 Å². The maximum absolute atomic E-state index is 12.3. The zero-order valence-corrected chi connectivity index (χ0v) is 10.4. The number of nitrogen functional groups attached to an aromatic ring is 1. The molecule has 2 aliphatic rings. The van der Waals surface area contributed by atoms with Crippen molar-refractivity contribution in [3.63, 3.8) is 0 Å². The largest absolute Gasteiger partial charge is 0.399 e. The topological polar surface area (TPSA) is 46.3 Å². The molecule has 1 aliphatic heterocycles. The molecule has 0 aromatic heterocycles. The normalized spacial score (nSPS) is 24.6. The molecule has 90 valence electrons. The molecule has 0 spiro atoms. The van der Waals surface area contributed by atoms with Crippen molar-refractivity contribution in [2.75, 3.05) is 5.73 Å². The fraction of sp³-hybridized carbons (Fsp3) is 0.500. The Morgan fingerprint density at radius 1 is 1.35 bits per heavy atom. The van der Waals surface area contributed by atoms with E-state index in [4.69, 9.17) is 5.73 Å². The number of carbonyl (C=O) groups is 1. The van der Waals surface area contributed by atoms with Gasteiger partial charge in [0.1, 0.15) is 0 Å². The number of carbonyl (C=O) groups excluding carboxylic acids is 1. The predicted octanol–water partition coefficient (Wildman–Crippen LogP) is 2.16. The number of fused-ring (bicyclic) bond motifs is 1. The van der Waals surface area contributed by atoms with E-state index >= 15 is 0 Å². The van der Waals surface area contributed by atoms with Gasteiger partial charge >= 0.3 is 0 Å². The highest BCUT2D eigenvalue weighted by Gasteiger charge is 2.52. The third-order valence-corrected chi connectivity index (χ3v) is 4.08. The van der Waals surface area contributed by atoms with Gasteiger partial charge in [0.05, 0.1) is 0 Å². The van der Waals surface area contributed by atoms with E-state index < -0.39 is 0 Å². The van der Waals surface area contributed by atoms with E-state index in [1.165, 1.54) is 11.1 Å². The van der Waals surface area contributed by atoms with Crippen LogP contribution in [-0.4, -0.2) is 10.8 Å². The van der Waals surface area contributed by atoms with Gasteiger partial charge in [-0.25, -0.2) is 0 Å². The summed E-state index contributed by atoms with van der Waals surface area (Å²) in [4.78, 5) is 14.2. The number of amides is 1. The molecule has 0 bridgehead atoms. The quantitative estimate of drug-likeness (QED) is 0.751. The first kappa shape index (κ1) is 10.6. The second-order valence-corrected chi connectivity index (χ2v) is 5.97. The molecule has 1 saturated carbocycles. The number of hydrogen-bond acceptors (Lipinski definition) is 2. The van der Waals surface area contributed by atoms with Crippen molar-refractivity contribution < 1.29 is 4.79 Å². The fourth-order valence-electron chi connectivity index (χ4n) is 2.68. The zero-order chi connectivity index (χ0) is 12.2. The van der Waals surface area contributed by atoms with Crippen LogP contribution in [0.15, 0.2) is 18.2 Å². The number of rotatable bonds is 1. The van der Waals surface area contributed by atoms with Crippen molar-refractivity contribution in [1.82, 2.24) is 4.90 Å². The van der Waals surface area contributed by atoms with E-state index in [9.17, 15) is 4.79 Å². The van der Waals surface area contributed by atoms with Gasteiger partial charge in [0, 0.05) is 24.7 Å². The van der Waals surface area contributed by atoms with E-state index in [-0.39, 0.29) is 11.3 Å². The number of anilines is 1. The van der Waals surface area contributed by atoms with Gasteiger partial charge in [-0.1, -0.05) is 19.9 Å². The molecule has 3 nitrogen and oxygen atoms in total. The third kappa shape index (κ3) is 1.70. The highest BCUT2D eigenvalue weighted by molar-refractivity contribution is 5.83. The van der Waals surface area contributed by atoms with Crippen LogP contribution in [0.25, 0.3) is 0 Å². The van der Waals surface area contributed by atoms with Crippen molar-refractivity contribution in [3.05, 3.63) is 29.3 Å². The average molecular weight is 230 g/mol. The molecule has 1 heterocycles. The lowest BCUT2D eigenvalue weighted by molar-refractivity contribution is -0.133. The van der Waals surface area contributed by atoms with Gasteiger partial charge < -0.3 is 10.6 Å². The van der Waals surface area contributed by atoms with Gasteiger partial charge in [-0.15, -0.1) is 0 Å². The SMILES string of the molecule is CC1(C)CC1C(=O)N1Cc2ccc(N)cc2C1. The van der Waals surface area contributed by atoms with E-state index in [2.05, 4.69) is 13.8 Å². The van der Waals surface area contributed by atoms with Crippen LogP contribution < -0.4 is 5.73 Å². The van der Waals surface area contributed by atoms with E-state index in [1.807, 2.05) is 23.1 Å². The van der Waals surface area contributed by atoms with Crippen LogP contribution >= 0.6 is 0 Å². The summed E-state index contributed by atoms with van der Waals surface area (Å²) >= 11 is 0. The third-order valence-electron chi connectivity index (χ3n) is 4.08. The number of hydrogen-bond donors (Lipinski definition) is 1. The second-order valence-electron chi connectivity index (χ2n) is 5.97. The average Bonchev–Trinajstić information content (AvgIpc) is 2.73. The summed E-state index contributed by atoms with van der Waals surface area (Å²) < 4.78 is 0. The van der Waals surface area contributed by atoms with Crippen molar-refractivity contribution in [3.8, 4) is 0 Å². The molecule has 1 amide bonds. The minimum Gasteiger partial charge on any atom is -0.399 e. The molecular weight excluding hydrogens is 212 g/mol. The van der Waals surface area contributed by atoms with Gasteiger partial charge in [-0.3, -0.25) is 4.79 Å². The first-order chi connectivity index (χ1) is 7.97. The minimum absolute atomic E-state index is 0.213. The van der Waals surface area contributed by atoms with Crippen LogP contribution in [0.4, 0.5) is 5.69 Å². The van der Waals surface area contributed by atoms with Crippen LogP contribution in [0.3, 0.4) is 0 Å². The lowest BCUT2D eigenvalue weighted by Gasteiger charge is -2.16. The summed E-state index contributed by atoms with van der Waals surface area (Å²) in [6.07, 6.45) is 1.03. The summed E-state index contributed by atoms with van der Waals surface area (Å²) in [5.41, 5.74) is 9.21. The maximum Gasteiger partial charge on any atom is 0.226 e. The Hall–Kier alpha value is -1.51. The highest BCUT2D eigenvalue weighted by atomic mass is 16.2. The molecule has 1 aliphatic carbocycles. The summed E-state index contributed by atoms with van der Waals surface area (Å²) in [6, 6.07) is 5.94. The van der Waals surface area contributed by atoms with Crippen molar-refractivity contribution in [1.29, 1.82) is 0 Å². The lowest BCUT2D eigenvalue weighted by atomic mass is 10.1. The van der Waals surface area contributed by atoms with Gasteiger partial charge in [0.2, 0.25) is 5.91 Å². The number of nitrogens with zero attached hydrogens (tertiary/aromatic N) is 1. The summed E-state index contributed by atoms with van der Waals surface area (Å²) in [5.74, 6) is 0.541. The van der Waals surface area contributed by atoms with Crippen LogP contribution in [0, 0.1) is 11.3 Å². The first-order valence-corrected chi connectivity index (χ1v) is 6.13. The first-order valence-electron chi connectivity index (χ1n) is 6.13. The van der Waals surface area contributed by atoms with Gasteiger partial charge in [0.25, 0.3) is 0 Å². The van der Waals surface area contributed by atoms with Crippen LogP contribution in [0.5, 0.6) is 0 Å². The Kier molecular flexibility index (Phi) is 2.03. The van der Waals surface area contributed by atoms with Crippen molar-refractivity contribution >= 4 is 11.6 Å². The summed E-state index contributed by atoms with van der Waals surface area (Å²) in [6.45, 7) is 5.81. The molecule has 1 fully saturated rings. The van der Waals surface area contributed by atoms with Gasteiger partial charge in [-0.2, -0.15) is 0 Å².